The van der Waals surface area contributed by atoms with Gasteiger partial charge in [0, 0.05) is 45.6 Å². The summed E-state index contributed by atoms with van der Waals surface area (Å²) in [6.45, 7) is 3.95. The average molecular weight is 558 g/mol. The molecule has 0 aromatic heterocycles. The quantitative estimate of drug-likeness (QED) is 0.297. The summed E-state index contributed by atoms with van der Waals surface area (Å²) < 4.78 is 5.23. The molecule has 0 bridgehead atoms. The third-order valence-electron chi connectivity index (χ3n) is 7.42. The van der Waals surface area contributed by atoms with Gasteiger partial charge in [0.05, 0.1) is 0 Å². The normalized spacial score (nSPS) is 14.9. The standard InChI is InChI=1S/C33H39N3O5/c1-24(37)35-17-16-27-7-3-5-9-29(27)21-28-8-4-2-6-26(28)12-15-32(38)36-19-18-34-22-30(36)20-25-10-13-31(14-11-25)41-23-33(39)40/h2-11,13-14,30,34H,12,15-23H2,1H3,(H,35,37)(H,39,40)/t30-/m1/s1. The number of hydrogen-bond acceptors (Lipinski definition) is 5. The van der Waals surface area contributed by atoms with E-state index in [4.69, 9.17) is 9.84 Å². The molecule has 1 aliphatic rings. The van der Waals surface area contributed by atoms with Crippen molar-refractivity contribution in [3.63, 3.8) is 0 Å². The number of hydrogen-bond donors (Lipinski definition) is 3. The minimum atomic E-state index is -1.01. The Kier molecular flexibility index (Phi) is 10.9. The van der Waals surface area contributed by atoms with E-state index in [0.717, 1.165) is 31.5 Å². The van der Waals surface area contributed by atoms with Gasteiger partial charge < -0.3 is 25.4 Å². The van der Waals surface area contributed by atoms with Gasteiger partial charge in [-0.15, -0.1) is 0 Å². The number of carbonyl (C=O) groups is 3. The van der Waals surface area contributed by atoms with Gasteiger partial charge in [-0.25, -0.2) is 4.79 Å². The van der Waals surface area contributed by atoms with Crippen LogP contribution in [0.5, 0.6) is 5.75 Å². The molecule has 1 aliphatic heterocycles. The lowest BCUT2D eigenvalue weighted by molar-refractivity contribution is -0.139. The molecule has 1 atom stereocenters. The summed E-state index contributed by atoms with van der Waals surface area (Å²) in [6, 6.07) is 24.1. The SMILES string of the molecule is CC(=O)NCCc1ccccc1Cc1ccccc1CCC(=O)N1CCNC[C@H]1Cc1ccc(OCC(=O)O)cc1. The first-order valence-corrected chi connectivity index (χ1v) is 14.2. The van der Waals surface area contributed by atoms with Crippen LogP contribution in [0.25, 0.3) is 0 Å². The molecule has 8 nitrogen and oxygen atoms in total. The lowest BCUT2D eigenvalue weighted by Crippen LogP contribution is -2.54. The molecule has 2 amide bonds. The van der Waals surface area contributed by atoms with E-state index in [1.807, 2.05) is 41.3 Å². The number of amides is 2. The van der Waals surface area contributed by atoms with E-state index in [9.17, 15) is 14.4 Å². The number of carboxylic acid groups (broad SMARTS) is 1. The van der Waals surface area contributed by atoms with Gasteiger partial charge in [0.2, 0.25) is 11.8 Å². The average Bonchev–Trinajstić information content (AvgIpc) is 2.97. The number of ether oxygens (including phenoxy) is 1. The van der Waals surface area contributed by atoms with Gasteiger partial charge in [0.25, 0.3) is 0 Å². The summed E-state index contributed by atoms with van der Waals surface area (Å²) >= 11 is 0. The van der Waals surface area contributed by atoms with Gasteiger partial charge in [-0.3, -0.25) is 9.59 Å². The summed E-state index contributed by atoms with van der Waals surface area (Å²) in [5, 5.41) is 15.1. The molecular formula is C33H39N3O5. The van der Waals surface area contributed by atoms with Crippen LogP contribution in [0.1, 0.15) is 41.2 Å². The van der Waals surface area contributed by atoms with Crippen LogP contribution in [0.2, 0.25) is 0 Å². The molecule has 3 aromatic rings. The molecule has 0 saturated carbocycles. The van der Waals surface area contributed by atoms with Crippen LogP contribution >= 0.6 is 0 Å². The highest BCUT2D eigenvalue weighted by Gasteiger charge is 2.26. The number of nitrogens with one attached hydrogen (secondary N) is 2. The molecule has 0 unspecified atom stereocenters. The first kappa shape index (κ1) is 29.8. The van der Waals surface area contributed by atoms with Crippen molar-refractivity contribution in [2.75, 3.05) is 32.8 Å². The molecular weight excluding hydrogens is 518 g/mol. The smallest absolute Gasteiger partial charge is 0.341 e. The van der Waals surface area contributed by atoms with Crippen LogP contribution < -0.4 is 15.4 Å². The molecule has 216 valence electrons. The van der Waals surface area contributed by atoms with E-state index in [-0.39, 0.29) is 24.5 Å². The van der Waals surface area contributed by atoms with Crippen molar-refractivity contribution in [3.8, 4) is 5.75 Å². The molecule has 8 heteroatoms. The fourth-order valence-corrected chi connectivity index (χ4v) is 5.32. The topological polar surface area (TPSA) is 108 Å². The van der Waals surface area contributed by atoms with E-state index in [1.165, 1.54) is 29.2 Å². The lowest BCUT2D eigenvalue weighted by Gasteiger charge is -2.36. The molecule has 0 aliphatic carbocycles. The van der Waals surface area contributed by atoms with Crippen LogP contribution in [0.3, 0.4) is 0 Å². The van der Waals surface area contributed by atoms with Crippen LogP contribution in [0, 0.1) is 0 Å². The maximum Gasteiger partial charge on any atom is 0.341 e. The monoisotopic (exact) mass is 557 g/mol. The first-order valence-electron chi connectivity index (χ1n) is 14.2. The number of aryl methyl sites for hydroxylation is 1. The number of benzene rings is 3. The van der Waals surface area contributed by atoms with Crippen LogP contribution in [-0.4, -0.2) is 66.6 Å². The van der Waals surface area contributed by atoms with Gasteiger partial charge in [-0.2, -0.15) is 0 Å². The summed E-state index contributed by atoms with van der Waals surface area (Å²) in [6.07, 6.45) is 3.39. The van der Waals surface area contributed by atoms with E-state index >= 15 is 0 Å². The fraction of sp³-hybridized carbons (Fsp3) is 0.364. The van der Waals surface area contributed by atoms with Crippen molar-refractivity contribution in [1.29, 1.82) is 0 Å². The number of aliphatic carboxylic acids is 1. The van der Waals surface area contributed by atoms with E-state index < -0.39 is 5.97 Å². The van der Waals surface area contributed by atoms with E-state index in [1.54, 1.807) is 12.1 Å². The molecule has 41 heavy (non-hydrogen) atoms. The molecule has 0 radical (unpaired) electrons. The Hall–Kier alpha value is -4.17. The lowest BCUT2D eigenvalue weighted by atomic mass is 9.93. The van der Waals surface area contributed by atoms with E-state index in [2.05, 4.69) is 34.9 Å². The molecule has 3 aromatic carbocycles. The number of piperazine rings is 1. The summed E-state index contributed by atoms with van der Waals surface area (Å²) in [5.41, 5.74) is 5.92. The number of rotatable bonds is 13. The summed E-state index contributed by atoms with van der Waals surface area (Å²) in [5.74, 6) is -0.365. The highest BCUT2D eigenvalue weighted by molar-refractivity contribution is 5.77. The Balaban J connectivity index is 1.37. The Morgan fingerprint density at radius 1 is 0.927 bits per heavy atom. The van der Waals surface area contributed by atoms with Crippen LogP contribution in [0.4, 0.5) is 0 Å². The van der Waals surface area contributed by atoms with Gasteiger partial charge in [0.1, 0.15) is 5.75 Å². The number of carbonyl (C=O) groups excluding carboxylic acids is 2. The molecule has 4 rings (SSSR count). The zero-order valence-electron chi connectivity index (χ0n) is 23.6. The van der Waals surface area contributed by atoms with Crippen LogP contribution in [-0.2, 0) is 40.1 Å². The van der Waals surface area contributed by atoms with Gasteiger partial charge in [0.15, 0.2) is 6.61 Å². The Morgan fingerprint density at radius 2 is 1.56 bits per heavy atom. The third kappa shape index (κ3) is 9.18. The predicted molar refractivity (Wildman–Crippen MR) is 158 cm³/mol. The van der Waals surface area contributed by atoms with Crippen molar-refractivity contribution in [3.05, 3.63) is 101 Å². The second-order valence-corrected chi connectivity index (χ2v) is 10.4. The van der Waals surface area contributed by atoms with Gasteiger partial charge in [-0.1, -0.05) is 60.7 Å². The highest BCUT2D eigenvalue weighted by Crippen LogP contribution is 2.21. The first-order chi connectivity index (χ1) is 19.9. The molecule has 1 fully saturated rings. The van der Waals surface area contributed by atoms with Crippen molar-refractivity contribution in [1.82, 2.24) is 15.5 Å². The molecule has 3 N–H and O–H groups in total. The zero-order valence-corrected chi connectivity index (χ0v) is 23.6. The summed E-state index contributed by atoms with van der Waals surface area (Å²) in [7, 11) is 0. The second kappa shape index (κ2) is 15.0. The van der Waals surface area contributed by atoms with Crippen molar-refractivity contribution in [2.45, 2.75) is 45.1 Å². The highest BCUT2D eigenvalue weighted by atomic mass is 16.5. The summed E-state index contributed by atoms with van der Waals surface area (Å²) in [4.78, 5) is 37.5. The number of carboxylic acids is 1. The maximum absolute atomic E-state index is 13.5. The molecule has 0 spiro atoms. The van der Waals surface area contributed by atoms with Gasteiger partial charge >= 0.3 is 5.97 Å². The van der Waals surface area contributed by atoms with Crippen molar-refractivity contribution < 1.29 is 24.2 Å². The zero-order chi connectivity index (χ0) is 29.0. The Bertz CT molecular complexity index is 1320. The van der Waals surface area contributed by atoms with Crippen molar-refractivity contribution in [2.24, 2.45) is 0 Å². The van der Waals surface area contributed by atoms with Gasteiger partial charge in [-0.05, 0) is 65.6 Å². The van der Waals surface area contributed by atoms with E-state index in [0.29, 0.717) is 38.1 Å². The third-order valence-corrected chi connectivity index (χ3v) is 7.42. The molecule has 1 heterocycles. The minimum Gasteiger partial charge on any atom is -0.482 e. The molecule has 1 saturated heterocycles. The fourth-order valence-electron chi connectivity index (χ4n) is 5.32. The Morgan fingerprint density at radius 3 is 2.20 bits per heavy atom. The van der Waals surface area contributed by atoms with Crippen LogP contribution in [0.15, 0.2) is 72.8 Å². The largest absolute Gasteiger partial charge is 0.482 e. The Labute approximate surface area is 241 Å². The maximum atomic E-state index is 13.5. The number of nitrogens with zero attached hydrogens (tertiary/aromatic N) is 1. The minimum absolute atomic E-state index is 0.0234. The van der Waals surface area contributed by atoms with Crippen molar-refractivity contribution >= 4 is 17.8 Å². The second-order valence-electron chi connectivity index (χ2n) is 10.4. The predicted octanol–water partition coefficient (Wildman–Crippen LogP) is 3.40.